The van der Waals surface area contributed by atoms with E-state index in [1.54, 1.807) is 24.8 Å². The minimum atomic E-state index is -0.737. The van der Waals surface area contributed by atoms with Gasteiger partial charge in [0, 0.05) is 17.9 Å². The lowest BCUT2D eigenvalue weighted by Gasteiger charge is -2.42. The zero-order valence-corrected chi connectivity index (χ0v) is 18.0. The molecule has 0 N–H and O–H groups in total. The van der Waals surface area contributed by atoms with Crippen LogP contribution < -0.4 is 0 Å². The Balaban J connectivity index is 2.40. The maximum Gasteiger partial charge on any atom is 0.291 e. The first-order valence-corrected chi connectivity index (χ1v) is 10.4. The highest BCUT2D eigenvalue weighted by atomic mass is 32.1. The number of carbonyl (C=O) groups is 2. The average molecular weight is 408 g/mol. The number of halogens is 1. The van der Waals surface area contributed by atoms with Crippen molar-refractivity contribution in [2.45, 2.75) is 65.3 Å². The van der Waals surface area contributed by atoms with Gasteiger partial charge in [0.2, 0.25) is 5.78 Å². The normalized spacial score (nSPS) is 20.0. The third-order valence-corrected chi connectivity index (χ3v) is 5.91. The minimum Gasteiger partial charge on any atom is -0.485 e. The van der Waals surface area contributed by atoms with Crippen LogP contribution in [0.25, 0.3) is 0 Å². The maximum absolute atomic E-state index is 13.8. The minimum absolute atomic E-state index is 0.199. The molecule has 4 nitrogen and oxygen atoms in total. The van der Waals surface area contributed by atoms with Gasteiger partial charge in [-0.2, -0.15) is 0 Å². The number of Topliss-reactive ketones (excluding diaryl/α,β-unsaturated/α-hetero) is 1. The van der Waals surface area contributed by atoms with Crippen LogP contribution in [-0.2, 0) is 14.3 Å². The predicted molar refractivity (Wildman–Crippen MR) is 112 cm³/mol. The molecule has 2 rings (SSSR count). The molecule has 2 unspecified atom stereocenters. The Labute approximate surface area is 172 Å². The van der Waals surface area contributed by atoms with Gasteiger partial charge in [0.05, 0.1) is 6.61 Å². The fourth-order valence-electron chi connectivity index (χ4n) is 3.47. The molecule has 1 aromatic rings. The van der Waals surface area contributed by atoms with Gasteiger partial charge < -0.3 is 9.64 Å². The van der Waals surface area contributed by atoms with Crippen LogP contribution >= 0.6 is 12.2 Å². The summed E-state index contributed by atoms with van der Waals surface area (Å²) in [5, 5.41) is 0.297. The zero-order chi connectivity index (χ0) is 20.9. The molecular formula is C22H30FNO3S. The van der Waals surface area contributed by atoms with Crippen LogP contribution in [0.3, 0.4) is 0 Å². The maximum atomic E-state index is 13.8. The number of thiocarbonyl (C=S) groups is 1. The second-order valence-corrected chi connectivity index (χ2v) is 8.38. The number of rotatable bonds is 7. The Hall–Kier alpha value is -1.82. The molecule has 0 radical (unpaired) electrons. The summed E-state index contributed by atoms with van der Waals surface area (Å²) >= 11 is 5.53. The Morgan fingerprint density at radius 1 is 1.32 bits per heavy atom. The lowest BCUT2D eigenvalue weighted by Crippen LogP contribution is -2.55. The van der Waals surface area contributed by atoms with Gasteiger partial charge in [-0.05, 0) is 55.6 Å². The highest BCUT2D eigenvalue weighted by Gasteiger charge is 2.43. The van der Waals surface area contributed by atoms with Gasteiger partial charge in [-0.1, -0.05) is 39.8 Å². The number of nitrogens with zero attached hydrogens (tertiary/aromatic N) is 1. The van der Waals surface area contributed by atoms with Crippen LogP contribution in [0.4, 0.5) is 4.39 Å². The summed E-state index contributed by atoms with van der Waals surface area (Å²) in [6, 6.07) is 5.81. The van der Waals surface area contributed by atoms with Crippen molar-refractivity contribution >= 4 is 29.0 Å². The Bertz CT molecular complexity index is 734. The molecule has 2 atom stereocenters. The van der Waals surface area contributed by atoms with Crippen molar-refractivity contribution in [3.8, 4) is 0 Å². The van der Waals surface area contributed by atoms with Crippen molar-refractivity contribution < 1.29 is 18.7 Å². The highest BCUT2D eigenvalue weighted by Crippen LogP contribution is 2.35. The number of carbonyl (C=O) groups excluding carboxylic acids is 2. The first-order valence-electron chi connectivity index (χ1n) is 10.0. The Kier molecular flexibility index (Phi) is 7.70. The molecule has 1 heterocycles. The molecule has 0 aromatic heterocycles. The molecule has 0 aliphatic carbocycles. The topological polar surface area (TPSA) is 46.6 Å². The number of hydrogen-bond donors (Lipinski definition) is 0. The highest BCUT2D eigenvalue weighted by molar-refractivity contribution is 7.80. The van der Waals surface area contributed by atoms with Gasteiger partial charge in [-0.15, -0.1) is 0 Å². The Morgan fingerprint density at radius 2 is 2.04 bits per heavy atom. The van der Waals surface area contributed by atoms with Crippen LogP contribution in [0.1, 0.15) is 64.9 Å². The van der Waals surface area contributed by atoms with Gasteiger partial charge in [0.15, 0.2) is 5.05 Å². The molecule has 28 heavy (non-hydrogen) atoms. The SMILES string of the molecule is CCCOC(=S)C1C(c2cccc(F)c2)CCCN1C(=O)C(=O)C(C)(C)CC. The molecular weight excluding hydrogens is 377 g/mol. The lowest BCUT2D eigenvalue weighted by atomic mass is 9.81. The van der Waals surface area contributed by atoms with Gasteiger partial charge >= 0.3 is 0 Å². The third kappa shape index (κ3) is 4.96. The summed E-state index contributed by atoms with van der Waals surface area (Å²) in [7, 11) is 0. The molecule has 1 aromatic carbocycles. The first kappa shape index (κ1) is 22.5. The van der Waals surface area contributed by atoms with Crippen molar-refractivity contribution in [2.24, 2.45) is 5.41 Å². The molecule has 0 saturated carbocycles. The third-order valence-electron chi connectivity index (χ3n) is 5.55. The van der Waals surface area contributed by atoms with Crippen molar-refractivity contribution in [1.29, 1.82) is 0 Å². The number of ketones is 1. The van der Waals surface area contributed by atoms with E-state index >= 15 is 0 Å². The quantitative estimate of drug-likeness (QED) is 0.487. The van der Waals surface area contributed by atoms with E-state index in [0.29, 0.717) is 24.6 Å². The first-order chi connectivity index (χ1) is 13.2. The monoisotopic (exact) mass is 407 g/mol. The average Bonchev–Trinajstić information content (AvgIpc) is 2.70. The van der Waals surface area contributed by atoms with E-state index in [1.165, 1.54) is 12.1 Å². The zero-order valence-electron chi connectivity index (χ0n) is 17.2. The van der Waals surface area contributed by atoms with E-state index in [0.717, 1.165) is 24.8 Å². The summed E-state index contributed by atoms with van der Waals surface area (Å²) in [5.41, 5.74) is 0.0337. The summed E-state index contributed by atoms with van der Waals surface area (Å²) in [6.07, 6.45) is 2.83. The van der Waals surface area contributed by atoms with Crippen molar-refractivity contribution in [1.82, 2.24) is 4.90 Å². The summed E-state index contributed by atoms with van der Waals surface area (Å²) in [6.45, 7) is 8.32. The number of likely N-dealkylation sites (tertiary alicyclic amines) is 1. The smallest absolute Gasteiger partial charge is 0.291 e. The van der Waals surface area contributed by atoms with Gasteiger partial charge in [0.1, 0.15) is 11.9 Å². The molecule has 1 aliphatic heterocycles. The van der Waals surface area contributed by atoms with Crippen LogP contribution in [0, 0.1) is 11.2 Å². The fraction of sp³-hybridized carbons (Fsp3) is 0.591. The predicted octanol–water partition coefficient (Wildman–Crippen LogP) is 4.66. The molecule has 1 amide bonds. The number of benzene rings is 1. The van der Waals surface area contributed by atoms with E-state index in [1.807, 2.05) is 19.9 Å². The molecule has 1 fully saturated rings. The summed E-state index contributed by atoms with van der Waals surface area (Å²) in [4.78, 5) is 27.5. The second kappa shape index (κ2) is 9.59. The largest absolute Gasteiger partial charge is 0.485 e. The van der Waals surface area contributed by atoms with Crippen molar-refractivity contribution in [2.75, 3.05) is 13.2 Å². The molecule has 6 heteroatoms. The molecule has 0 bridgehead atoms. The van der Waals surface area contributed by atoms with E-state index in [4.69, 9.17) is 17.0 Å². The van der Waals surface area contributed by atoms with Crippen LogP contribution in [0.5, 0.6) is 0 Å². The van der Waals surface area contributed by atoms with E-state index in [-0.39, 0.29) is 11.7 Å². The summed E-state index contributed by atoms with van der Waals surface area (Å²) in [5.74, 6) is -1.47. The van der Waals surface area contributed by atoms with Crippen molar-refractivity contribution in [3.05, 3.63) is 35.6 Å². The van der Waals surface area contributed by atoms with Crippen LogP contribution in [0.2, 0.25) is 0 Å². The van der Waals surface area contributed by atoms with E-state index in [9.17, 15) is 14.0 Å². The summed E-state index contributed by atoms with van der Waals surface area (Å²) < 4.78 is 19.6. The standard InChI is InChI=1S/C22H30FNO3S/c1-5-13-27-21(28)18-17(15-9-7-10-16(23)14-15)11-8-12-24(18)20(26)19(25)22(3,4)6-2/h7,9-10,14,17-18H,5-6,8,11-13H2,1-4H3. The fourth-order valence-corrected chi connectivity index (χ4v) is 3.84. The number of amides is 1. The molecule has 1 aliphatic rings. The van der Waals surface area contributed by atoms with Crippen molar-refractivity contribution in [3.63, 3.8) is 0 Å². The number of hydrogen-bond acceptors (Lipinski definition) is 4. The van der Waals surface area contributed by atoms with Gasteiger partial charge in [-0.25, -0.2) is 4.39 Å². The van der Waals surface area contributed by atoms with E-state index < -0.39 is 23.1 Å². The molecule has 0 spiro atoms. The van der Waals surface area contributed by atoms with Gasteiger partial charge in [-0.3, -0.25) is 9.59 Å². The molecule has 154 valence electrons. The second-order valence-electron chi connectivity index (χ2n) is 7.98. The number of piperidine rings is 1. The number of ether oxygens (including phenoxy) is 1. The van der Waals surface area contributed by atoms with Crippen LogP contribution in [-0.4, -0.2) is 40.8 Å². The molecule has 1 saturated heterocycles. The van der Waals surface area contributed by atoms with Crippen LogP contribution in [0.15, 0.2) is 24.3 Å². The Morgan fingerprint density at radius 3 is 2.64 bits per heavy atom. The van der Waals surface area contributed by atoms with E-state index in [2.05, 4.69) is 0 Å². The van der Waals surface area contributed by atoms with Gasteiger partial charge in [0.25, 0.3) is 5.91 Å². The lowest BCUT2D eigenvalue weighted by molar-refractivity contribution is -0.151.